The summed E-state index contributed by atoms with van der Waals surface area (Å²) >= 11 is 0. The average molecular weight is 369 g/mol. The van der Waals surface area contributed by atoms with Crippen LogP contribution in [0.15, 0.2) is 30.3 Å². The van der Waals surface area contributed by atoms with E-state index in [1.165, 1.54) is 0 Å². The molecular weight excluding hydrogens is 344 g/mol. The van der Waals surface area contributed by atoms with E-state index in [2.05, 4.69) is 31.1 Å². The van der Waals surface area contributed by atoms with E-state index in [-0.39, 0.29) is 13.2 Å². The van der Waals surface area contributed by atoms with Crippen molar-refractivity contribution in [3.05, 3.63) is 47.0 Å². The molecule has 136 valence electrons. The van der Waals surface area contributed by atoms with Crippen molar-refractivity contribution >= 4 is 20.0 Å². The van der Waals surface area contributed by atoms with Crippen LogP contribution in [0, 0.1) is 11.5 Å². The van der Waals surface area contributed by atoms with Crippen molar-refractivity contribution in [2.45, 2.75) is 33.5 Å². The van der Waals surface area contributed by atoms with Gasteiger partial charge in [-0.05, 0) is 43.2 Å². The SMILES string of the molecule is CCOC(=O)c1cc(C(=O)OCC)c2ccc(C#C[Si](C)(C)C)ccc1-2. The van der Waals surface area contributed by atoms with Crippen LogP contribution < -0.4 is 0 Å². The van der Waals surface area contributed by atoms with Gasteiger partial charge in [-0.25, -0.2) is 9.59 Å². The van der Waals surface area contributed by atoms with Gasteiger partial charge in [-0.15, -0.1) is 5.54 Å². The van der Waals surface area contributed by atoms with Crippen molar-refractivity contribution in [3.8, 4) is 22.6 Å². The molecule has 0 radical (unpaired) electrons. The van der Waals surface area contributed by atoms with E-state index in [1.807, 2.05) is 24.3 Å². The first kappa shape index (κ1) is 19.7. The fraction of sp³-hybridized carbons (Fsp3) is 0.333. The highest BCUT2D eigenvalue weighted by Gasteiger charge is 2.25. The van der Waals surface area contributed by atoms with E-state index in [4.69, 9.17) is 9.47 Å². The Morgan fingerprint density at radius 3 is 1.73 bits per heavy atom. The van der Waals surface area contributed by atoms with Crippen LogP contribution in [-0.2, 0) is 9.47 Å². The van der Waals surface area contributed by atoms with E-state index in [9.17, 15) is 9.59 Å². The van der Waals surface area contributed by atoms with Crippen LogP contribution in [0.3, 0.4) is 0 Å². The van der Waals surface area contributed by atoms with Crippen molar-refractivity contribution in [1.82, 2.24) is 0 Å². The third-order valence-corrected chi connectivity index (χ3v) is 4.47. The number of carbonyl (C=O) groups excluding carboxylic acids is 2. The first-order chi connectivity index (χ1) is 12.3. The minimum atomic E-state index is -1.50. The number of ether oxygens (including phenoxy) is 2. The summed E-state index contributed by atoms with van der Waals surface area (Å²) in [7, 11) is -1.50. The lowest BCUT2D eigenvalue weighted by Crippen LogP contribution is -2.16. The van der Waals surface area contributed by atoms with Gasteiger partial charge in [0.1, 0.15) is 8.07 Å². The van der Waals surface area contributed by atoms with Crippen molar-refractivity contribution in [2.24, 2.45) is 0 Å². The summed E-state index contributed by atoms with van der Waals surface area (Å²) in [6.45, 7) is 10.6. The Morgan fingerprint density at radius 1 is 0.885 bits per heavy atom. The van der Waals surface area contributed by atoms with Gasteiger partial charge in [-0.2, -0.15) is 0 Å². The smallest absolute Gasteiger partial charge is 0.338 e. The van der Waals surface area contributed by atoms with Crippen molar-refractivity contribution in [1.29, 1.82) is 0 Å². The number of fused-ring (bicyclic) bond motifs is 1. The van der Waals surface area contributed by atoms with Gasteiger partial charge in [0.05, 0.1) is 24.3 Å². The molecule has 0 atom stereocenters. The summed E-state index contributed by atoms with van der Waals surface area (Å²) in [5, 5.41) is 0. The van der Waals surface area contributed by atoms with Crippen LogP contribution >= 0.6 is 0 Å². The van der Waals surface area contributed by atoms with Gasteiger partial charge in [-0.1, -0.05) is 37.7 Å². The quantitative estimate of drug-likeness (QED) is 0.457. The highest BCUT2D eigenvalue weighted by atomic mass is 28.3. The lowest BCUT2D eigenvalue weighted by Gasteiger charge is -2.02. The van der Waals surface area contributed by atoms with Gasteiger partial charge < -0.3 is 9.47 Å². The second-order valence-corrected chi connectivity index (χ2v) is 11.6. The fourth-order valence-corrected chi connectivity index (χ4v) is 2.97. The molecule has 0 N–H and O–H groups in total. The van der Waals surface area contributed by atoms with E-state index < -0.39 is 20.0 Å². The van der Waals surface area contributed by atoms with Crippen LogP contribution in [0.2, 0.25) is 19.6 Å². The second-order valence-electron chi connectivity index (χ2n) is 6.86. The molecule has 0 aromatic heterocycles. The number of carbonyl (C=O) groups is 2. The first-order valence-electron chi connectivity index (χ1n) is 8.71. The Hall–Kier alpha value is -2.58. The van der Waals surface area contributed by atoms with Crippen LogP contribution in [0.4, 0.5) is 0 Å². The van der Waals surface area contributed by atoms with Gasteiger partial charge in [0.2, 0.25) is 0 Å². The minimum Gasteiger partial charge on any atom is -0.462 e. The maximum absolute atomic E-state index is 12.3. The monoisotopic (exact) mass is 368 g/mol. The minimum absolute atomic E-state index is 0.270. The highest BCUT2D eigenvalue weighted by Crippen LogP contribution is 2.33. The predicted octanol–water partition coefficient (Wildman–Crippen LogP) is 4.37. The lowest BCUT2D eigenvalue weighted by molar-refractivity contribution is 0.0525. The Balaban J connectivity index is 2.60. The van der Waals surface area contributed by atoms with Gasteiger partial charge in [0, 0.05) is 5.56 Å². The van der Waals surface area contributed by atoms with E-state index >= 15 is 0 Å². The Bertz CT molecular complexity index is 800. The third kappa shape index (κ3) is 4.74. The molecule has 0 aliphatic heterocycles. The van der Waals surface area contributed by atoms with Crippen LogP contribution in [0.1, 0.15) is 40.1 Å². The maximum atomic E-state index is 12.3. The summed E-state index contributed by atoms with van der Waals surface area (Å²) in [4.78, 5) is 24.6. The zero-order valence-electron chi connectivity index (χ0n) is 15.9. The van der Waals surface area contributed by atoms with Gasteiger partial charge >= 0.3 is 11.9 Å². The second kappa shape index (κ2) is 8.20. The number of rotatable bonds is 4. The lowest BCUT2D eigenvalue weighted by atomic mass is 10.1. The molecular formula is C21H24O4Si. The van der Waals surface area contributed by atoms with Gasteiger partial charge in [0.25, 0.3) is 0 Å². The molecule has 2 aliphatic rings. The summed E-state index contributed by atoms with van der Waals surface area (Å²) in [5.41, 5.74) is 6.21. The maximum Gasteiger partial charge on any atom is 0.338 e. The van der Waals surface area contributed by atoms with Crippen molar-refractivity contribution < 1.29 is 19.1 Å². The Kier molecular flexibility index (Phi) is 6.22. The molecule has 0 bridgehead atoms. The molecule has 26 heavy (non-hydrogen) atoms. The Labute approximate surface area is 155 Å². The molecule has 0 unspecified atom stereocenters. The zero-order valence-corrected chi connectivity index (χ0v) is 16.9. The number of hydrogen-bond acceptors (Lipinski definition) is 4. The molecule has 0 heterocycles. The van der Waals surface area contributed by atoms with E-state index in [0.29, 0.717) is 22.3 Å². The molecule has 0 fully saturated rings. The standard InChI is InChI=1S/C21H24O4Si/c1-6-24-20(22)18-14-19(21(23)25-7-2)17-11-9-15(8-10-16(17)18)12-13-26(3,4)5/h8-11,14H,6-7H2,1-5H3. The molecule has 0 spiro atoms. The summed E-state index contributed by atoms with van der Waals surface area (Å²) < 4.78 is 10.3. The van der Waals surface area contributed by atoms with Crippen LogP contribution in [0.25, 0.3) is 11.1 Å². The summed E-state index contributed by atoms with van der Waals surface area (Å²) in [6.07, 6.45) is 0. The molecule has 5 heteroatoms. The van der Waals surface area contributed by atoms with E-state index in [1.54, 1.807) is 19.9 Å². The first-order valence-corrected chi connectivity index (χ1v) is 12.2. The van der Waals surface area contributed by atoms with Gasteiger partial charge in [0.15, 0.2) is 0 Å². The third-order valence-electron chi connectivity index (χ3n) is 3.59. The highest BCUT2D eigenvalue weighted by molar-refractivity contribution is 6.83. The Morgan fingerprint density at radius 2 is 1.35 bits per heavy atom. The largest absolute Gasteiger partial charge is 0.462 e. The molecule has 2 rings (SSSR count). The van der Waals surface area contributed by atoms with E-state index in [0.717, 1.165) is 5.56 Å². The fourth-order valence-electron chi connectivity index (χ4n) is 2.45. The van der Waals surface area contributed by atoms with Crippen molar-refractivity contribution in [2.75, 3.05) is 13.2 Å². The molecule has 4 nitrogen and oxygen atoms in total. The topological polar surface area (TPSA) is 52.6 Å². The normalized spacial score (nSPS) is 10.8. The predicted molar refractivity (Wildman–Crippen MR) is 105 cm³/mol. The van der Waals surface area contributed by atoms with Gasteiger partial charge in [-0.3, -0.25) is 0 Å². The number of esters is 2. The molecule has 0 saturated heterocycles. The molecule has 0 aromatic rings. The van der Waals surface area contributed by atoms with Crippen LogP contribution in [-0.4, -0.2) is 33.2 Å². The summed E-state index contributed by atoms with van der Waals surface area (Å²) in [5.74, 6) is 2.30. The zero-order chi connectivity index (χ0) is 19.3. The molecule has 0 amide bonds. The van der Waals surface area contributed by atoms with Crippen LogP contribution in [0.5, 0.6) is 0 Å². The molecule has 0 aromatic carbocycles. The molecule has 2 aliphatic carbocycles. The average Bonchev–Trinajstić information content (AvgIpc) is 2.80. The number of hydrogen-bond donors (Lipinski definition) is 0. The summed E-state index contributed by atoms with van der Waals surface area (Å²) in [6, 6.07) is 8.92. The molecule has 0 saturated carbocycles. The van der Waals surface area contributed by atoms with Crippen molar-refractivity contribution in [3.63, 3.8) is 0 Å².